The van der Waals surface area contributed by atoms with Gasteiger partial charge in [0.2, 0.25) is 5.91 Å². The summed E-state index contributed by atoms with van der Waals surface area (Å²) in [6, 6.07) is 0.0145. The molecule has 0 aromatic carbocycles. The largest absolute Gasteiger partial charge is 0.383 e. The van der Waals surface area contributed by atoms with Crippen LogP contribution in [0.1, 0.15) is 30.3 Å². The summed E-state index contributed by atoms with van der Waals surface area (Å²) in [6.45, 7) is 6.33. The molecule has 1 unspecified atom stereocenters. The number of ether oxygens (including phenoxy) is 1. The van der Waals surface area contributed by atoms with Crippen LogP contribution in [0.5, 0.6) is 0 Å². The lowest BCUT2D eigenvalue weighted by molar-refractivity contribution is -0.122. The number of nitrogens with zero attached hydrogens (tertiary/aromatic N) is 4. The second kappa shape index (κ2) is 6.62. The van der Waals surface area contributed by atoms with Crippen LogP contribution >= 0.6 is 0 Å². The molecule has 21 heavy (non-hydrogen) atoms. The van der Waals surface area contributed by atoms with Crippen molar-refractivity contribution in [2.24, 2.45) is 0 Å². The molecule has 0 bridgehead atoms. The minimum atomic E-state index is 0.0111. The molecule has 7 nitrogen and oxygen atoms in total. The average Bonchev–Trinajstić information content (AvgIpc) is 2.86. The standard InChI is InChI=1S/C14H21N5O2/c1-9(7-21-4)17-13(20)6-5-12-10(2)18-14-15-8-16-19(14)11(12)3/h8-9H,5-7H2,1-4H3,(H,17,20). The first kappa shape index (κ1) is 15.4. The van der Waals surface area contributed by atoms with Gasteiger partial charge >= 0.3 is 0 Å². The Morgan fingerprint density at radius 3 is 2.95 bits per heavy atom. The highest BCUT2D eigenvalue weighted by Gasteiger charge is 2.13. The Balaban J connectivity index is 2.04. The zero-order valence-corrected chi connectivity index (χ0v) is 12.9. The Bertz CT molecular complexity index is 638. The molecular weight excluding hydrogens is 270 g/mol. The molecule has 1 atom stereocenters. The van der Waals surface area contributed by atoms with Gasteiger partial charge in [-0.3, -0.25) is 4.79 Å². The van der Waals surface area contributed by atoms with Crippen molar-refractivity contribution in [2.45, 2.75) is 39.7 Å². The van der Waals surface area contributed by atoms with E-state index in [9.17, 15) is 4.79 Å². The number of hydrogen-bond acceptors (Lipinski definition) is 5. The van der Waals surface area contributed by atoms with Gasteiger partial charge in [-0.1, -0.05) is 0 Å². The summed E-state index contributed by atoms with van der Waals surface area (Å²) in [5.74, 6) is 0.601. The van der Waals surface area contributed by atoms with E-state index in [1.54, 1.807) is 11.6 Å². The fraction of sp³-hybridized carbons (Fsp3) is 0.571. The van der Waals surface area contributed by atoms with Crippen molar-refractivity contribution in [3.8, 4) is 0 Å². The number of carbonyl (C=O) groups is 1. The van der Waals surface area contributed by atoms with Gasteiger partial charge in [-0.15, -0.1) is 0 Å². The van der Waals surface area contributed by atoms with Crippen molar-refractivity contribution < 1.29 is 9.53 Å². The number of rotatable bonds is 6. The van der Waals surface area contributed by atoms with E-state index in [2.05, 4.69) is 20.4 Å². The van der Waals surface area contributed by atoms with E-state index in [1.807, 2.05) is 20.8 Å². The van der Waals surface area contributed by atoms with Crippen LogP contribution in [0.15, 0.2) is 6.33 Å². The summed E-state index contributed by atoms with van der Waals surface area (Å²) in [4.78, 5) is 20.4. The third kappa shape index (κ3) is 3.55. The van der Waals surface area contributed by atoms with Gasteiger partial charge in [0.25, 0.3) is 5.78 Å². The van der Waals surface area contributed by atoms with Gasteiger partial charge in [0.1, 0.15) is 6.33 Å². The topological polar surface area (TPSA) is 81.4 Å². The Hall–Kier alpha value is -2.02. The quantitative estimate of drug-likeness (QED) is 0.852. The van der Waals surface area contributed by atoms with E-state index in [-0.39, 0.29) is 11.9 Å². The fourth-order valence-corrected chi connectivity index (χ4v) is 2.39. The van der Waals surface area contributed by atoms with Gasteiger partial charge in [0.05, 0.1) is 6.61 Å². The monoisotopic (exact) mass is 291 g/mol. The van der Waals surface area contributed by atoms with Gasteiger partial charge < -0.3 is 10.1 Å². The summed E-state index contributed by atoms with van der Waals surface area (Å²) < 4.78 is 6.70. The third-order valence-electron chi connectivity index (χ3n) is 3.41. The second-order valence-corrected chi connectivity index (χ2v) is 5.16. The van der Waals surface area contributed by atoms with Crippen molar-refractivity contribution >= 4 is 11.7 Å². The highest BCUT2D eigenvalue weighted by atomic mass is 16.5. The minimum absolute atomic E-state index is 0.0111. The number of methoxy groups -OCH3 is 1. The molecule has 0 aliphatic heterocycles. The van der Waals surface area contributed by atoms with E-state index < -0.39 is 0 Å². The lowest BCUT2D eigenvalue weighted by atomic mass is 10.1. The summed E-state index contributed by atoms with van der Waals surface area (Å²) in [5.41, 5.74) is 2.92. The molecule has 0 saturated heterocycles. The zero-order chi connectivity index (χ0) is 15.4. The van der Waals surface area contributed by atoms with Gasteiger partial charge in [-0.05, 0) is 32.8 Å². The molecule has 0 spiro atoms. The second-order valence-electron chi connectivity index (χ2n) is 5.16. The summed E-state index contributed by atoms with van der Waals surface area (Å²) in [7, 11) is 1.62. The highest BCUT2D eigenvalue weighted by molar-refractivity contribution is 5.76. The first-order valence-corrected chi connectivity index (χ1v) is 6.97. The van der Waals surface area contributed by atoms with Crippen LogP contribution in [0.2, 0.25) is 0 Å². The van der Waals surface area contributed by atoms with E-state index in [0.29, 0.717) is 25.2 Å². The van der Waals surface area contributed by atoms with Gasteiger partial charge in [-0.2, -0.15) is 10.1 Å². The van der Waals surface area contributed by atoms with E-state index in [4.69, 9.17) is 4.74 Å². The lowest BCUT2D eigenvalue weighted by Crippen LogP contribution is -2.35. The zero-order valence-electron chi connectivity index (χ0n) is 12.9. The first-order valence-electron chi connectivity index (χ1n) is 6.97. The Morgan fingerprint density at radius 1 is 1.48 bits per heavy atom. The molecule has 0 aliphatic rings. The van der Waals surface area contributed by atoms with Crippen molar-refractivity contribution in [2.75, 3.05) is 13.7 Å². The van der Waals surface area contributed by atoms with Gasteiger partial charge in [-0.25, -0.2) is 9.50 Å². The van der Waals surface area contributed by atoms with E-state index >= 15 is 0 Å². The highest BCUT2D eigenvalue weighted by Crippen LogP contribution is 2.14. The maximum Gasteiger partial charge on any atom is 0.252 e. The summed E-state index contributed by atoms with van der Waals surface area (Å²) >= 11 is 0. The molecule has 2 rings (SSSR count). The third-order valence-corrected chi connectivity index (χ3v) is 3.41. The average molecular weight is 291 g/mol. The number of carbonyl (C=O) groups excluding carboxylic acids is 1. The minimum Gasteiger partial charge on any atom is -0.383 e. The normalized spacial score (nSPS) is 12.6. The van der Waals surface area contributed by atoms with Crippen LogP contribution in [0.4, 0.5) is 0 Å². The molecule has 2 aromatic rings. The van der Waals surface area contributed by atoms with Crippen LogP contribution < -0.4 is 5.32 Å². The molecule has 7 heteroatoms. The number of fused-ring (bicyclic) bond motifs is 1. The van der Waals surface area contributed by atoms with E-state index in [1.165, 1.54) is 6.33 Å². The van der Waals surface area contributed by atoms with Crippen molar-refractivity contribution in [1.82, 2.24) is 24.9 Å². The maximum atomic E-state index is 11.9. The molecule has 2 aromatic heterocycles. The fourth-order valence-electron chi connectivity index (χ4n) is 2.39. The lowest BCUT2D eigenvalue weighted by Gasteiger charge is -2.14. The molecule has 1 N–H and O–H groups in total. The van der Waals surface area contributed by atoms with Crippen LogP contribution in [0.3, 0.4) is 0 Å². The molecule has 0 fully saturated rings. The SMILES string of the molecule is COCC(C)NC(=O)CCc1c(C)nc2ncnn2c1C. The number of aryl methyl sites for hydroxylation is 2. The number of hydrogen-bond donors (Lipinski definition) is 1. The van der Waals surface area contributed by atoms with Crippen molar-refractivity contribution in [3.63, 3.8) is 0 Å². The maximum absolute atomic E-state index is 11.9. The first-order chi connectivity index (χ1) is 10.0. The van der Waals surface area contributed by atoms with Crippen molar-refractivity contribution in [1.29, 1.82) is 0 Å². The van der Waals surface area contributed by atoms with Crippen LogP contribution in [0.25, 0.3) is 5.78 Å². The van der Waals surface area contributed by atoms with E-state index in [0.717, 1.165) is 17.0 Å². The Labute approximate surface area is 123 Å². The smallest absolute Gasteiger partial charge is 0.252 e. The number of nitrogens with one attached hydrogen (secondary N) is 1. The predicted octanol–water partition coefficient (Wildman–Crippen LogP) is 0.825. The van der Waals surface area contributed by atoms with Crippen LogP contribution in [-0.2, 0) is 16.0 Å². The molecule has 0 saturated carbocycles. The van der Waals surface area contributed by atoms with Crippen molar-refractivity contribution in [3.05, 3.63) is 23.3 Å². The predicted molar refractivity (Wildman–Crippen MR) is 78.1 cm³/mol. The summed E-state index contributed by atoms with van der Waals surface area (Å²) in [6.07, 6.45) is 2.53. The molecule has 1 amide bonds. The van der Waals surface area contributed by atoms with Gasteiger partial charge in [0.15, 0.2) is 0 Å². The molecule has 0 radical (unpaired) electrons. The summed E-state index contributed by atoms with van der Waals surface area (Å²) in [5, 5.41) is 7.05. The molecule has 114 valence electrons. The molecule has 2 heterocycles. The number of aromatic nitrogens is 4. The molecule has 0 aliphatic carbocycles. The van der Waals surface area contributed by atoms with Crippen LogP contribution in [-0.4, -0.2) is 45.2 Å². The number of amides is 1. The Morgan fingerprint density at radius 2 is 2.24 bits per heavy atom. The van der Waals surface area contributed by atoms with Crippen LogP contribution in [0, 0.1) is 13.8 Å². The Kier molecular flexibility index (Phi) is 4.85. The molecular formula is C14H21N5O2. The van der Waals surface area contributed by atoms with Gasteiger partial charge in [0, 0.05) is 31.0 Å².